The van der Waals surface area contributed by atoms with E-state index in [1.54, 1.807) is 22.8 Å². The lowest BCUT2D eigenvalue weighted by molar-refractivity contribution is 0.221. The summed E-state index contributed by atoms with van der Waals surface area (Å²) >= 11 is 0. The normalized spacial score (nSPS) is 21.3. The van der Waals surface area contributed by atoms with Gasteiger partial charge in [-0.3, -0.25) is 0 Å². The molecule has 5 rings (SSSR count). The Morgan fingerprint density at radius 2 is 2.10 bits per heavy atom. The predicted molar refractivity (Wildman–Crippen MR) is 118 cm³/mol. The summed E-state index contributed by atoms with van der Waals surface area (Å²) in [5.74, 6) is 1.11. The molecule has 2 aliphatic heterocycles. The molecule has 0 unspecified atom stereocenters. The van der Waals surface area contributed by atoms with Crippen LogP contribution < -0.4 is 10.2 Å². The maximum Gasteiger partial charge on any atom is 0.321 e. The molecule has 162 valence electrons. The van der Waals surface area contributed by atoms with E-state index in [4.69, 9.17) is 4.98 Å². The molecule has 2 aliphatic rings. The van der Waals surface area contributed by atoms with Gasteiger partial charge < -0.3 is 15.1 Å². The van der Waals surface area contributed by atoms with Gasteiger partial charge in [-0.15, -0.1) is 0 Å². The summed E-state index contributed by atoms with van der Waals surface area (Å²) in [6.07, 6.45) is 6.35. The maximum atomic E-state index is 14.6. The number of nitrogens with zero attached hydrogens (tertiary/aromatic N) is 5. The second kappa shape index (κ2) is 7.83. The van der Waals surface area contributed by atoms with Gasteiger partial charge in [0.25, 0.3) is 0 Å². The quantitative estimate of drug-likeness (QED) is 0.680. The van der Waals surface area contributed by atoms with E-state index in [2.05, 4.69) is 22.2 Å². The van der Waals surface area contributed by atoms with Crippen LogP contribution in [0.3, 0.4) is 0 Å². The number of benzene rings is 1. The number of aryl methyl sites for hydroxylation is 1. The lowest BCUT2D eigenvalue weighted by Gasteiger charge is -2.26. The zero-order valence-corrected chi connectivity index (χ0v) is 17.9. The number of amides is 2. The first-order chi connectivity index (χ1) is 15.0. The average molecular weight is 423 g/mol. The fourth-order valence-electron chi connectivity index (χ4n) is 4.70. The van der Waals surface area contributed by atoms with Gasteiger partial charge in [0.15, 0.2) is 5.65 Å². The molecule has 4 heterocycles. The van der Waals surface area contributed by atoms with E-state index in [9.17, 15) is 9.18 Å². The Bertz CT molecular complexity index is 1130. The first-order valence-electron chi connectivity index (χ1n) is 10.9. The molecule has 0 bridgehead atoms. The molecule has 0 radical (unpaired) electrons. The summed E-state index contributed by atoms with van der Waals surface area (Å²) < 4.78 is 16.2. The number of nitrogens with one attached hydrogen (secondary N) is 1. The minimum Gasteiger partial charge on any atom is -0.349 e. The van der Waals surface area contributed by atoms with E-state index in [1.165, 1.54) is 0 Å². The van der Waals surface area contributed by atoms with Crippen LogP contribution in [0.2, 0.25) is 0 Å². The number of carbonyl (C=O) groups excluding carboxylic acids is 1. The number of carbonyl (C=O) groups is 1. The van der Waals surface area contributed by atoms with E-state index in [0.29, 0.717) is 22.8 Å². The number of halogens is 1. The predicted octanol–water partition coefficient (Wildman–Crippen LogP) is 4.39. The van der Waals surface area contributed by atoms with Gasteiger partial charge in [0, 0.05) is 31.4 Å². The monoisotopic (exact) mass is 422 g/mol. The lowest BCUT2D eigenvalue weighted by atomic mass is 10.0. The fourth-order valence-corrected chi connectivity index (χ4v) is 4.70. The first-order valence-corrected chi connectivity index (χ1v) is 10.9. The Hall–Kier alpha value is -3.16. The van der Waals surface area contributed by atoms with Crippen LogP contribution >= 0.6 is 0 Å². The van der Waals surface area contributed by atoms with Gasteiger partial charge in [0.05, 0.1) is 12.2 Å². The fraction of sp³-hybridized carbons (Fsp3) is 0.435. The number of rotatable bonds is 3. The van der Waals surface area contributed by atoms with Crippen molar-refractivity contribution in [3.05, 3.63) is 53.6 Å². The van der Waals surface area contributed by atoms with E-state index in [-0.39, 0.29) is 17.9 Å². The van der Waals surface area contributed by atoms with E-state index >= 15 is 0 Å². The molecule has 1 N–H and O–H groups in total. The van der Waals surface area contributed by atoms with Crippen molar-refractivity contribution in [1.82, 2.24) is 19.5 Å². The van der Waals surface area contributed by atoms with Crippen molar-refractivity contribution in [2.24, 2.45) is 5.92 Å². The minimum atomic E-state index is -0.180. The molecule has 1 aromatic carbocycles. The summed E-state index contributed by atoms with van der Waals surface area (Å²) in [5.41, 5.74) is 2.94. The Labute approximate surface area is 180 Å². The summed E-state index contributed by atoms with van der Waals surface area (Å²) in [4.78, 5) is 21.4. The molecule has 3 aromatic rings. The summed E-state index contributed by atoms with van der Waals surface area (Å²) in [6, 6.07) is 7.00. The molecule has 8 heteroatoms. The molecule has 2 atom stereocenters. The largest absolute Gasteiger partial charge is 0.349 e. The van der Waals surface area contributed by atoms with Gasteiger partial charge >= 0.3 is 6.03 Å². The second-order valence-corrected chi connectivity index (χ2v) is 8.76. The zero-order chi connectivity index (χ0) is 21.5. The van der Waals surface area contributed by atoms with Crippen molar-refractivity contribution in [2.75, 3.05) is 29.9 Å². The van der Waals surface area contributed by atoms with E-state index in [1.807, 2.05) is 30.2 Å². The van der Waals surface area contributed by atoms with Crippen LogP contribution in [-0.4, -0.2) is 45.2 Å². The Kier molecular flexibility index (Phi) is 5.00. The molecular formula is C23H27FN6O. The highest BCUT2D eigenvalue weighted by Crippen LogP contribution is 2.37. The highest BCUT2D eigenvalue weighted by Gasteiger charge is 2.30. The number of aromatic nitrogens is 3. The molecule has 7 nitrogen and oxygen atoms in total. The van der Waals surface area contributed by atoms with Gasteiger partial charge in [-0.25, -0.2) is 18.7 Å². The van der Waals surface area contributed by atoms with Crippen LogP contribution in [0.1, 0.15) is 43.4 Å². The van der Waals surface area contributed by atoms with E-state index < -0.39 is 0 Å². The number of hydrogen-bond donors (Lipinski definition) is 1. The standard InChI is InChI=1S/C23H27FN6O/c1-15-5-6-18(24)17(12-15)20-4-3-9-29(20)21-8-11-30-22(27-21)19(13-25-30)26-23(31)28-10-7-16(2)14-28/h5-6,8,11-13,16,20H,3-4,7,9-10,14H2,1-2H3,(H,26,31)/t16-,20+/m0/s1. The summed E-state index contributed by atoms with van der Waals surface area (Å²) in [7, 11) is 0. The van der Waals surface area contributed by atoms with Crippen LogP contribution in [0.25, 0.3) is 5.65 Å². The van der Waals surface area contributed by atoms with Gasteiger partial charge in [-0.1, -0.05) is 24.6 Å². The van der Waals surface area contributed by atoms with Crippen molar-refractivity contribution in [3.8, 4) is 0 Å². The van der Waals surface area contributed by atoms with Crippen LogP contribution in [0, 0.1) is 18.7 Å². The van der Waals surface area contributed by atoms with Crippen molar-refractivity contribution in [2.45, 2.75) is 39.2 Å². The van der Waals surface area contributed by atoms with Gasteiger partial charge in [-0.2, -0.15) is 5.10 Å². The van der Waals surface area contributed by atoms with E-state index in [0.717, 1.165) is 50.3 Å². The Morgan fingerprint density at radius 1 is 1.23 bits per heavy atom. The third-order valence-corrected chi connectivity index (χ3v) is 6.36. The van der Waals surface area contributed by atoms with Crippen molar-refractivity contribution >= 4 is 23.2 Å². The molecule has 0 saturated carbocycles. The van der Waals surface area contributed by atoms with Crippen molar-refractivity contribution in [3.63, 3.8) is 0 Å². The molecule has 2 fully saturated rings. The maximum absolute atomic E-state index is 14.6. The zero-order valence-electron chi connectivity index (χ0n) is 17.9. The van der Waals surface area contributed by atoms with Crippen LogP contribution in [-0.2, 0) is 0 Å². The molecule has 31 heavy (non-hydrogen) atoms. The summed E-state index contributed by atoms with van der Waals surface area (Å²) in [6.45, 7) is 6.47. The average Bonchev–Trinajstić information content (AvgIpc) is 3.49. The number of urea groups is 1. The second-order valence-electron chi connectivity index (χ2n) is 8.76. The lowest BCUT2D eigenvalue weighted by Crippen LogP contribution is -2.32. The molecule has 2 amide bonds. The van der Waals surface area contributed by atoms with Crippen molar-refractivity contribution in [1.29, 1.82) is 0 Å². The minimum absolute atomic E-state index is 0.0538. The van der Waals surface area contributed by atoms with Gasteiger partial charge in [0.1, 0.15) is 17.3 Å². The number of anilines is 2. The van der Waals surface area contributed by atoms with Crippen LogP contribution in [0.15, 0.2) is 36.7 Å². The van der Waals surface area contributed by atoms with Crippen molar-refractivity contribution < 1.29 is 9.18 Å². The highest BCUT2D eigenvalue weighted by atomic mass is 19.1. The van der Waals surface area contributed by atoms with Crippen LogP contribution in [0.5, 0.6) is 0 Å². The number of likely N-dealkylation sites (tertiary alicyclic amines) is 1. The molecule has 2 aromatic heterocycles. The van der Waals surface area contributed by atoms with Gasteiger partial charge in [0.2, 0.25) is 0 Å². The highest BCUT2D eigenvalue weighted by molar-refractivity contribution is 5.93. The Morgan fingerprint density at radius 3 is 2.90 bits per heavy atom. The third kappa shape index (κ3) is 3.71. The third-order valence-electron chi connectivity index (χ3n) is 6.36. The molecule has 0 aliphatic carbocycles. The topological polar surface area (TPSA) is 65.8 Å². The SMILES string of the molecule is Cc1ccc(F)c([C@H]2CCCN2c2ccn3ncc(NC(=O)N4CC[C@H](C)C4)c3n2)c1. The molecular weight excluding hydrogens is 395 g/mol. The Balaban J connectivity index is 1.43. The number of hydrogen-bond acceptors (Lipinski definition) is 4. The smallest absolute Gasteiger partial charge is 0.321 e. The number of fused-ring (bicyclic) bond motifs is 1. The van der Waals surface area contributed by atoms with Crippen LogP contribution in [0.4, 0.5) is 20.7 Å². The molecule has 2 saturated heterocycles. The first kappa shape index (κ1) is 19.8. The van der Waals surface area contributed by atoms with Gasteiger partial charge in [-0.05, 0) is 44.2 Å². The summed E-state index contributed by atoms with van der Waals surface area (Å²) in [5, 5.41) is 7.29. The molecule has 0 spiro atoms.